The summed E-state index contributed by atoms with van der Waals surface area (Å²) in [5.41, 5.74) is 2.85. The van der Waals surface area contributed by atoms with E-state index in [0.29, 0.717) is 11.6 Å². The third-order valence-electron chi connectivity index (χ3n) is 4.15. The molecule has 1 atom stereocenters. The zero-order chi connectivity index (χ0) is 17.1. The molecule has 5 heteroatoms. The Morgan fingerprint density at radius 2 is 2.08 bits per heavy atom. The molecule has 1 saturated carbocycles. The summed E-state index contributed by atoms with van der Waals surface area (Å²) in [4.78, 5) is 16.3. The van der Waals surface area contributed by atoms with Crippen LogP contribution in [-0.4, -0.2) is 24.0 Å². The van der Waals surface area contributed by atoms with Crippen molar-refractivity contribution in [3.63, 3.8) is 0 Å². The number of pyridine rings is 1. The van der Waals surface area contributed by atoms with Gasteiger partial charge in [-0.25, -0.2) is 4.98 Å². The van der Waals surface area contributed by atoms with Crippen LogP contribution in [0.1, 0.15) is 47.3 Å². The average molecular weight is 325 g/mol. The van der Waals surface area contributed by atoms with Gasteiger partial charge in [0.15, 0.2) is 0 Å². The maximum Gasteiger partial charge on any atom is 0.253 e. The lowest BCUT2D eigenvalue weighted by Gasteiger charge is -2.18. The second-order valence-electron chi connectivity index (χ2n) is 6.29. The average Bonchev–Trinajstić information content (AvgIpc) is 3.39. The summed E-state index contributed by atoms with van der Waals surface area (Å²) >= 11 is 0. The SMILES string of the molecule is COc1ccc(C)cc1[C@H](C)Nc1ccc(C(=O)NC2CC2)cn1. The second kappa shape index (κ2) is 6.91. The van der Waals surface area contributed by atoms with Crippen molar-refractivity contribution in [1.82, 2.24) is 10.3 Å². The Bertz CT molecular complexity index is 724. The van der Waals surface area contributed by atoms with Crippen LogP contribution in [0, 0.1) is 6.92 Å². The number of ether oxygens (including phenoxy) is 1. The van der Waals surface area contributed by atoms with Gasteiger partial charge in [0, 0.05) is 17.8 Å². The first-order valence-corrected chi connectivity index (χ1v) is 8.25. The number of amides is 1. The Morgan fingerprint density at radius 1 is 1.29 bits per heavy atom. The molecule has 5 nitrogen and oxygen atoms in total. The van der Waals surface area contributed by atoms with E-state index >= 15 is 0 Å². The fraction of sp³-hybridized carbons (Fsp3) is 0.368. The Morgan fingerprint density at radius 3 is 2.71 bits per heavy atom. The van der Waals surface area contributed by atoms with Crippen LogP contribution < -0.4 is 15.4 Å². The van der Waals surface area contributed by atoms with E-state index < -0.39 is 0 Å². The summed E-state index contributed by atoms with van der Waals surface area (Å²) in [5.74, 6) is 1.53. The van der Waals surface area contributed by atoms with E-state index in [1.165, 1.54) is 5.56 Å². The van der Waals surface area contributed by atoms with Gasteiger partial charge < -0.3 is 15.4 Å². The van der Waals surface area contributed by atoms with E-state index in [4.69, 9.17) is 4.74 Å². The molecule has 24 heavy (non-hydrogen) atoms. The van der Waals surface area contributed by atoms with E-state index in [9.17, 15) is 4.79 Å². The number of nitrogens with zero attached hydrogens (tertiary/aromatic N) is 1. The summed E-state index contributed by atoms with van der Waals surface area (Å²) in [7, 11) is 1.67. The molecular formula is C19H23N3O2. The van der Waals surface area contributed by atoms with Gasteiger partial charge in [0.1, 0.15) is 11.6 Å². The molecule has 0 saturated heterocycles. The highest BCUT2D eigenvalue weighted by Crippen LogP contribution is 2.28. The van der Waals surface area contributed by atoms with Gasteiger partial charge in [-0.3, -0.25) is 4.79 Å². The van der Waals surface area contributed by atoms with Crippen LogP contribution in [0.25, 0.3) is 0 Å². The van der Waals surface area contributed by atoms with Crippen LogP contribution in [0.15, 0.2) is 36.5 Å². The molecule has 0 bridgehead atoms. The number of carbonyl (C=O) groups is 1. The third-order valence-corrected chi connectivity index (χ3v) is 4.15. The Balaban J connectivity index is 1.69. The number of aromatic nitrogens is 1. The first kappa shape index (κ1) is 16.3. The summed E-state index contributed by atoms with van der Waals surface area (Å²) in [5, 5.41) is 6.32. The molecule has 0 spiro atoms. The zero-order valence-electron chi connectivity index (χ0n) is 14.3. The van der Waals surface area contributed by atoms with Gasteiger partial charge in [-0.05, 0) is 44.9 Å². The van der Waals surface area contributed by atoms with Crippen molar-refractivity contribution in [2.24, 2.45) is 0 Å². The Labute approximate surface area is 142 Å². The molecule has 3 rings (SSSR count). The molecule has 126 valence electrons. The van der Waals surface area contributed by atoms with Gasteiger partial charge in [-0.15, -0.1) is 0 Å². The number of hydrogen-bond acceptors (Lipinski definition) is 4. The minimum atomic E-state index is -0.0510. The predicted molar refractivity (Wildman–Crippen MR) is 94.5 cm³/mol. The van der Waals surface area contributed by atoms with Gasteiger partial charge in [0.2, 0.25) is 0 Å². The molecule has 1 amide bonds. The molecule has 0 radical (unpaired) electrons. The molecule has 2 N–H and O–H groups in total. The Kier molecular flexibility index (Phi) is 4.69. The van der Waals surface area contributed by atoms with Crippen LogP contribution in [0.5, 0.6) is 5.75 Å². The highest BCUT2D eigenvalue weighted by Gasteiger charge is 2.23. The van der Waals surface area contributed by atoms with Crippen molar-refractivity contribution in [2.75, 3.05) is 12.4 Å². The van der Waals surface area contributed by atoms with Gasteiger partial charge in [0.25, 0.3) is 5.91 Å². The molecule has 1 aliphatic carbocycles. The van der Waals surface area contributed by atoms with Crippen molar-refractivity contribution >= 4 is 11.7 Å². The van der Waals surface area contributed by atoms with Crippen LogP contribution in [0.2, 0.25) is 0 Å². The molecule has 0 aliphatic heterocycles. The van der Waals surface area contributed by atoms with Crippen LogP contribution in [-0.2, 0) is 0 Å². The zero-order valence-corrected chi connectivity index (χ0v) is 14.3. The maximum absolute atomic E-state index is 12.0. The normalized spacial score (nSPS) is 14.8. The van der Waals surface area contributed by atoms with Crippen molar-refractivity contribution in [3.05, 3.63) is 53.2 Å². The van der Waals surface area contributed by atoms with Crippen LogP contribution in [0.3, 0.4) is 0 Å². The summed E-state index contributed by atoms with van der Waals surface area (Å²) < 4.78 is 5.44. The second-order valence-corrected chi connectivity index (χ2v) is 6.29. The van der Waals surface area contributed by atoms with Gasteiger partial charge in [-0.2, -0.15) is 0 Å². The van der Waals surface area contributed by atoms with Crippen molar-refractivity contribution in [2.45, 2.75) is 38.8 Å². The topological polar surface area (TPSA) is 63.2 Å². The van der Waals surface area contributed by atoms with Crippen LogP contribution in [0.4, 0.5) is 5.82 Å². The fourth-order valence-corrected chi connectivity index (χ4v) is 2.60. The summed E-state index contributed by atoms with van der Waals surface area (Å²) in [6.07, 6.45) is 3.77. The van der Waals surface area contributed by atoms with E-state index in [0.717, 1.165) is 30.0 Å². The fourth-order valence-electron chi connectivity index (χ4n) is 2.60. The first-order valence-electron chi connectivity index (χ1n) is 8.25. The summed E-state index contributed by atoms with van der Waals surface area (Å²) in [6, 6.07) is 10.1. The summed E-state index contributed by atoms with van der Waals surface area (Å²) in [6.45, 7) is 4.12. The minimum absolute atomic E-state index is 0.0403. The number of nitrogens with one attached hydrogen (secondary N) is 2. The standard InChI is InChI=1S/C19H23N3O2/c1-12-4-8-17(24-3)16(10-12)13(2)21-18-9-5-14(11-20-18)19(23)22-15-6-7-15/h4-5,8-11,13,15H,6-7H2,1-3H3,(H,20,21)(H,22,23)/t13-/m0/s1. The molecule has 2 aromatic rings. The smallest absolute Gasteiger partial charge is 0.253 e. The molecular weight excluding hydrogens is 302 g/mol. The van der Waals surface area contributed by atoms with Crippen LogP contribution >= 0.6 is 0 Å². The largest absolute Gasteiger partial charge is 0.496 e. The quantitative estimate of drug-likeness (QED) is 0.854. The minimum Gasteiger partial charge on any atom is -0.496 e. The number of rotatable bonds is 6. The van der Waals surface area contributed by atoms with Gasteiger partial charge >= 0.3 is 0 Å². The number of benzene rings is 1. The van der Waals surface area contributed by atoms with E-state index in [1.54, 1.807) is 19.4 Å². The number of aryl methyl sites for hydroxylation is 1. The number of hydrogen-bond donors (Lipinski definition) is 2. The third kappa shape index (κ3) is 3.85. The van der Waals surface area contributed by atoms with E-state index in [1.807, 2.05) is 18.2 Å². The number of anilines is 1. The maximum atomic E-state index is 12.0. The highest BCUT2D eigenvalue weighted by atomic mass is 16.5. The first-order chi connectivity index (χ1) is 11.6. The van der Waals surface area contributed by atoms with Crippen molar-refractivity contribution in [3.8, 4) is 5.75 Å². The van der Waals surface area contributed by atoms with Crippen molar-refractivity contribution in [1.29, 1.82) is 0 Å². The van der Waals surface area contributed by atoms with Crippen molar-refractivity contribution < 1.29 is 9.53 Å². The Hall–Kier alpha value is -2.56. The lowest BCUT2D eigenvalue weighted by atomic mass is 10.0. The lowest BCUT2D eigenvalue weighted by molar-refractivity contribution is 0.0951. The monoisotopic (exact) mass is 325 g/mol. The number of methoxy groups -OCH3 is 1. The molecule has 0 unspecified atom stereocenters. The lowest BCUT2D eigenvalue weighted by Crippen LogP contribution is -2.25. The molecule has 1 heterocycles. The molecule has 1 aromatic carbocycles. The molecule has 1 aromatic heterocycles. The van der Waals surface area contributed by atoms with Gasteiger partial charge in [0.05, 0.1) is 18.7 Å². The predicted octanol–water partition coefficient (Wildman–Crippen LogP) is 3.46. The van der Waals surface area contributed by atoms with Gasteiger partial charge in [-0.1, -0.05) is 17.7 Å². The van der Waals surface area contributed by atoms with E-state index in [-0.39, 0.29) is 11.9 Å². The van der Waals surface area contributed by atoms with E-state index in [2.05, 4.69) is 35.5 Å². The molecule has 1 aliphatic rings. The highest BCUT2D eigenvalue weighted by molar-refractivity contribution is 5.94. The number of carbonyl (C=O) groups excluding carboxylic acids is 1. The molecule has 1 fully saturated rings.